The van der Waals surface area contributed by atoms with Crippen molar-refractivity contribution in [2.45, 2.75) is 13.8 Å². The van der Waals surface area contributed by atoms with E-state index in [-0.39, 0.29) is 5.91 Å². The lowest BCUT2D eigenvalue weighted by atomic mass is 10.1. The third-order valence-corrected chi connectivity index (χ3v) is 4.52. The number of aromatic nitrogens is 1. The Bertz CT molecular complexity index is 698. The van der Waals surface area contributed by atoms with Crippen LogP contribution in [-0.4, -0.2) is 53.9 Å². The van der Waals surface area contributed by atoms with E-state index in [4.69, 9.17) is 0 Å². The average molecular weight is 324 g/mol. The second-order valence-corrected chi connectivity index (χ2v) is 6.42. The predicted molar refractivity (Wildman–Crippen MR) is 96.8 cm³/mol. The van der Waals surface area contributed by atoms with Crippen LogP contribution in [-0.2, 0) is 0 Å². The van der Waals surface area contributed by atoms with Gasteiger partial charge in [0.2, 0.25) is 0 Å². The van der Waals surface area contributed by atoms with E-state index in [9.17, 15) is 4.79 Å². The molecular weight excluding hydrogens is 300 g/mol. The van der Waals surface area contributed by atoms with E-state index in [0.29, 0.717) is 5.69 Å². The first-order chi connectivity index (χ1) is 11.5. The van der Waals surface area contributed by atoms with Crippen molar-refractivity contribution in [2.24, 2.45) is 0 Å². The Balaban J connectivity index is 1.70. The molecular formula is C19H24N4O. The number of rotatable bonds is 3. The SMILES string of the molecule is Cc1cccc(C)c1Nc1ccc(C(=O)N2CCN(C)CC2)nc1. The van der Waals surface area contributed by atoms with Gasteiger partial charge in [-0.2, -0.15) is 0 Å². The highest BCUT2D eigenvalue weighted by Crippen LogP contribution is 2.24. The van der Waals surface area contributed by atoms with E-state index in [0.717, 1.165) is 37.6 Å². The van der Waals surface area contributed by atoms with Crippen LogP contribution >= 0.6 is 0 Å². The zero-order valence-corrected chi connectivity index (χ0v) is 14.5. The molecule has 0 spiro atoms. The van der Waals surface area contributed by atoms with E-state index in [2.05, 4.69) is 48.2 Å². The van der Waals surface area contributed by atoms with Gasteiger partial charge in [-0.05, 0) is 44.2 Å². The van der Waals surface area contributed by atoms with Crippen LogP contribution in [0.25, 0.3) is 0 Å². The van der Waals surface area contributed by atoms with Gasteiger partial charge in [0.15, 0.2) is 0 Å². The molecule has 0 aliphatic carbocycles. The van der Waals surface area contributed by atoms with Crippen molar-refractivity contribution in [3.8, 4) is 0 Å². The Kier molecular flexibility index (Phi) is 4.81. The number of hydrogen-bond acceptors (Lipinski definition) is 4. The number of benzene rings is 1. The molecule has 1 aliphatic rings. The summed E-state index contributed by atoms with van der Waals surface area (Å²) in [5.41, 5.74) is 4.87. The van der Waals surface area contributed by atoms with Gasteiger partial charge < -0.3 is 15.1 Å². The summed E-state index contributed by atoms with van der Waals surface area (Å²) in [5, 5.41) is 3.40. The maximum absolute atomic E-state index is 12.5. The van der Waals surface area contributed by atoms with Crippen LogP contribution in [0.1, 0.15) is 21.6 Å². The van der Waals surface area contributed by atoms with Crippen LogP contribution in [0.2, 0.25) is 0 Å². The highest BCUT2D eigenvalue weighted by molar-refractivity contribution is 5.92. The minimum absolute atomic E-state index is 0.0155. The molecule has 5 nitrogen and oxygen atoms in total. The second kappa shape index (κ2) is 7.01. The van der Waals surface area contributed by atoms with Gasteiger partial charge in [0.05, 0.1) is 11.9 Å². The Morgan fingerprint density at radius 2 is 1.71 bits per heavy atom. The van der Waals surface area contributed by atoms with Crippen LogP contribution in [0.3, 0.4) is 0 Å². The number of carbonyl (C=O) groups excluding carboxylic acids is 1. The summed E-state index contributed by atoms with van der Waals surface area (Å²) in [6, 6.07) is 9.92. The number of nitrogens with one attached hydrogen (secondary N) is 1. The molecule has 3 rings (SSSR count). The molecule has 126 valence electrons. The normalized spacial score (nSPS) is 15.4. The zero-order chi connectivity index (χ0) is 17.1. The molecule has 1 amide bonds. The standard InChI is InChI=1S/C19H24N4O/c1-14-5-4-6-15(2)18(14)21-16-7-8-17(20-13-16)19(24)23-11-9-22(3)10-12-23/h4-8,13,21H,9-12H2,1-3H3. The van der Waals surface area contributed by atoms with E-state index in [1.807, 2.05) is 17.0 Å². The minimum atomic E-state index is 0.0155. The second-order valence-electron chi connectivity index (χ2n) is 6.42. The van der Waals surface area contributed by atoms with E-state index in [1.165, 1.54) is 11.1 Å². The Morgan fingerprint density at radius 3 is 2.29 bits per heavy atom. The fourth-order valence-electron chi connectivity index (χ4n) is 2.92. The van der Waals surface area contributed by atoms with E-state index in [1.54, 1.807) is 12.3 Å². The topological polar surface area (TPSA) is 48.5 Å². The van der Waals surface area contributed by atoms with Crippen molar-refractivity contribution in [1.82, 2.24) is 14.8 Å². The summed E-state index contributed by atoms with van der Waals surface area (Å²) in [6.45, 7) is 7.51. The number of anilines is 2. The fraction of sp³-hybridized carbons (Fsp3) is 0.368. The number of aryl methyl sites for hydroxylation is 2. The van der Waals surface area contributed by atoms with Crippen molar-refractivity contribution in [2.75, 3.05) is 38.5 Å². The van der Waals surface area contributed by atoms with Crippen molar-refractivity contribution < 1.29 is 4.79 Å². The summed E-state index contributed by atoms with van der Waals surface area (Å²) in [4.78, 5) is 21.0. The lowest BCUT2D eigenvalue weighted by Gasteiger charge is -2.32. The number of nitrogens with zero attached hydrogens (tertiary/aromatic N) is 3. The van der Waals surface area contributed by atoms with Gasteiger partial charge in [-0.15, -0.1) is 0 Å². The zero-order valence-electron chi connectivity index (χ0n) is 14.5. The maximum Gasteiger partial charge on any atom is 0.272 e. The molecule has 1 N–H and O–H groups in total. The number of carbonyl (C=O) groups is 1. The number of amides is 1. The van der Waals surface area contributed by atoms with Gasteiger partial charge in [-0.1, -0.05) is 18.2 Å². The van der Waals surface area contributed by atoms with Crippen LogP contribution in [0.4, 0.5) is 11.4 Å². The molecule has 0 bridgehead atoms. The monoisotopic (exact) mass is 324 g/mol. The molecule has 1 aromatic carbocycles. The van der Waals surface area contributed by atoms with Crippen LogP contribution in [0.15, 0.2) is 36.5 Å². The molecule has 0 atom stereocenters. The first kappa shape index (κ1) is 16.5. The summed E-state index contributed by atoms with van der Waals surface area (Å²) in [6.07, 6.45) is 1.73. The predicted octanol–water partition coefficient (Wildman–Crippen LogP) is 2.83. The largest absolute Gasteiger partial charge is 0.354 e. The first-order valence-electron chi connectivity index (χ1n) is 8.32. The molecule has 1 saturated heterocycles. The Hall–Kier alpha value is -2.40. The van der Waals surface area contributed by atoms with Gasteiger partial charge in [-0.3, -0.25) is 4.79 Å². The highest BCUT2D eigenvalue weighted by Gasteiger charge is 2.21. The van der Waals surface area contributed by atoms with Gasteiger partial charge in [-0.25, -0.2) is 4.98 Å². The van der Waals surface area contributed by atoms with Gasteiger partial charge in [0.25, 0.3) is 5.91 Å². The molecule has 1 aliphatic heterocycles. The summed E-state index contributed by atoms with van der Waals surface area (Å²) in [7, 11) is 2.08. The highest BCUT2D eigenvalue weighted by atomic mass is 16.2. The fourth-order valence-corrected chi connectivity index (χ4v) is 2.92. The van der Waals surface area contributed by atoms with E-state index < -0.39 is 0 Å². The summed E-state index contributed by atoms with van der Waals surface area (Å²) >= 11 is 0. The average Bonchev–Trinajstić information content (AvgIpc) is 2.59. The summed E-state index contributed by atoms with van der Waals surface area (Å²) in [5.74, 6) is 0.0155. The molecule has 2 heterocycles. The number of pyridine rings is 1. The molecule has 24 heavy (non-hydrogen) atoms. The maximum atomic E-state index is 12.5. The van der Waals surface area contributed by atoms with Crippen molar-refractivity contribution in [3.05, 3.63) is 53.3 Å². The lowest BCUT2D eigenvalue weighted by molar-refractivity contribution is 0.0658. The van der Waals surface area contributed by atoms with Crippen LogP contribution in [0.5, 0.6) is 0 Å². The van der Waals surface area contributed by atoms with Crippen molar-refractivity contribution >= 4 is 17.3 Å². The number of hydrogen-bond donors (Lipinski definition) is 1. The smallest absolute Gasteiger partial charge is 0.272 e. The first-order valence-corrected chi connectivity index (χ1v) is 8.32. The Labute approximate surface area is 143 Å². The van der Waals surface area contributed by atoms with Crippen molar-refractivity contribution in [1.29, 1.82) is 0 Å². The third-order valence-electron chi connectivity index (χ3n) is 4.52. The van der Waals surface area contributed by atoms with Gasteiger partial charge >= 0.3 is 0 Å². The summed E-state index contributed by atoms with van der Waals surface area (Å²) < 4.78 is 0. The molecule has 1 fully saturated rings. The number of piperazine rings is 1. The lowest BCUT2D eigenvalue weighted by Crippen LogP contribution is -2.47. The van der Waals surface area contributed by atoms with Crippen LogP contribution < -0.4 is 5.32 Å². The van der Waals surface area contributed by atoms with Crippen LogP contribution in [0, 0.1) is 13.8 Å². The molecule has 0 saturated carbocycles. The van der Waals surface area contributed by atoms with Gasteiger partial charge in [0.1, 0.15) is 5.69 Å². The molecule has 0 unspecified atom stereocenters. The van der Waals surface area contributed by atoms with E-state index >= 15 is 0 Å². The quantitative estimate of drug-likeness (QED) is 0.943. The molecule has 1 aromatic heterocycles. The van der Waals surface area contributed by atoms with Crippen molar-refractivity contribution in [3.63, 3.8) is 0 Å². The number of para-hydroxylation sites is 1. The molecule has 0 radical (unpaired) electrons. The molecule has 5 heteroatoms. The molecule has 2 aromatic rings. The number of likely N-dealkylation sites (N-methyl/N-ethyl adjacent to an activating group) is 1. The van der Waals surface area contributed by atoms with Gasteiger partial charge in [0, 0.05) is 31.9 Å². The minimum Gasteiger partial charge on any atom is -0.354 e. The third kappa shape index (κ3) is 3.57. The Morgan fingerprint density at radius 1 is 1.04 bits per heavy atom.